The molecule has 0 N–H and O–H groups in total. The summed E-state index contributed by atoms with van der Waals surface area (Å²) in [6.45, 7) is 3.74. The van der Waals surface area contributed by atoms with Gasteiger partial charge in [0.1, 0.15) is 0 Å². The number of hydrogen-bond acceptors (Lipinski definition) is 2. The van der Waals surface area contributed by atoms with Crippen molar-refractivity contribution in [2.24, 2.45) is 0 Å². The maximum atomic E-state index is 11.3. The number of aryl methyl sites for hydroxylation is 1. The molecule has 0 atom stereocenters. The smallest absolute Gasteiger partial charge is 0.159 e. The number of carbonyl (C=O) groups is 1. The lowest BCUT2D eigenvalue weighted by molar-refractivity contribution is 0.101. The van der Waals surface area contributed by atoms with E-state index in [1.807, 2.05) is 31.3 Å². The van der Waals surface area contributed by atoms with E-state index in [9.17, 15) is 4.79 Å². The Bertz CT molecular complexity index is 555. The quantitative estimate of drug-likeness (QED) is 0.760. The molecule has 0 amide bonds. The van der Waals surface area contributed by atoms with Crippen molar-refractivity contribution >= 4 is 17.2 Å². The van der Waals surface area contributed by atoms with E-state index in [0.29, 0.717) is 0 Å². The monoisotopic (exact) mass is 253 g/mol. The van der Waals surface area contributed by atoms with Gasteiger partial charge in [0.25, 0.3) is 0 Å². The van der Waals surface area contributed by atoms with E-state index in [2.05, 4.69) is 36.1 Å². The fourth-order valence-corrected chi connectivity index (χ4v) is 2.02. The minimum atomic E-state index is 0.0986. The Kier molecular flexibility index (Phi) is 4.00. The van der Waals surface area contributed by atoms with Crippen molar-refractivity contribution in [3.05, 3.63) is 59.7 Å². The molecule has 98 valence electrons. The number of rotatable bonds is 4. The molecule has 0 aromatic heterocycles. The lowest BCUT2D eigenvalue weighted by Crippen LogP contribution is -2.09. The Morgan fingerprint density at radius 3 is 1.84 bits per heavy atom. The Balaban J connectivity index is 2.22. The number of Topliss-reactive ketones (excluding diaryl/α,β-unsaturated/α-hetero) is 1. The molecule has 19 heavy (non-hydrogen) atoms. The highest BCUT2D eigenvalue weighted by atomic mass is 16.1. The molecule has 2 nitrogen and oxygen atoms in total. The number of ketones is 1. The van der Waals surface area contributed by atoms with Gasteiger partial charge in [-0.05, 0) is 55.3 Å². The molecule has 0 aliphatic carbocycles. The van der Waals surface area contributed by atoms with Crippen LogP contribution in [0.4, 0.5) is 11.4 Å². The molecule has 2 rings (SSSR count). The van der Waals surface area contributed by atoms with E-state index >= 15 is 0 Å². The van der Waals surface area contributed by atoms with Crippen molar-refractivity contribution in [2.75, 3.05) is 11.9 Å². The zero-order chi connectivity index (χ0) is 13.8. The Labute approximate surface area is 114 Å². The van der Waals surface area contributed by atoms with E-state index in [0.717, 1.165) is 23.4 Å². The van der Waals surface area contributed by atoms with Gasteiger partial charge in [0.15, 0.2) is 5.78 Å². The Morgan fingerprint density at radius 2 is 1.42 bits per heavy atom. The van der Waals surface area contributed by atoms with Gasteiger partial charge in [-0.1, -0.05) is 19.1 Å². The molecule has 2 aromatic rings. The maximum absolute atomic E-state index is 11.3. The highest BCUT2D eigenvalue weighted by Crippen LogP contribution is 2.24. The summed E-state index contributed by atoms with van der Waals surface area (Å²) < 4.78 is 0. The van der Waals surface area contributed by atoms with Gasteiger partial charge in [-0.25, -0.2) is 0 Å². The molecule has 0 saturated carbocycles. The molecule has 2 aromatic carbocycles. The van der Waals surface area contributed by atoms with Gasteiger partial charge in [0.2, 0.25) is 0 Å². The first-order valence-corrected chi connectivity index (χ1v) is 6.55. The normalized spacial score (nSPS) is 10.3. The van der Waals surface area contributed by atoms with Gasteiger partial charge in [-0.3, -0.25) is 4.79 Å². The van der Waals surface area contributed by atoms with Crippen LogP contribution in [0.25, 0.3) is 0 Å². The molecule has 0 saturated heterocycles. The largest absolute Gasteiger partial charge is 0.345 e. The average molecular weight is 253 g/mol. The highest BCUT2D eigenvalue weighted by Gasteiger charge is 2.05. The number of carbonyl (C=O) groups excluding carboxylic acids is 1. The molecule has 2 heteroatoms. The summed E-state index contributed by atoms with van der Waals surface area (Å²) in [6.07, 6.45) is 1.05. The number of anilines is 2. The topological polar surface area (TPSA) is 20.3 Å². The molecule has 0 heterocycles. The molecule has 0 bridgehead atoms. The van der Waals surface area contributed by atoms with Gasteiger partial charge in [-0.15, -0.1) is 0 Å². The van der Waals surface area contributed by atoms with Crippen LogP contribution < -0.4 is 4.90 Å². The summed E-state index contributed by atoms with van der Waals surface area (Å²) >= 11 is 0. The van der Waals surface area contributed by atoms with E-state index < -0.39 is 0 Å². The summed E-state index contributed by atoms with van der Waals surface area (Å²) in [5, 5.41) is 0. The third-order valence-corrected chi connectivity index (χ3v) is 3.39. The first-order valence-electron chi connectivity index (χ1n) is 6.55. The van der Waals surface area contributed by atoms with Crippen LogP contribution in [0, 0.1) is 0 Å². The lowest BCUT2D eigenvalue weighted by Gasteiger charge is -2.20. The van der Waals surface area contributed by atoms with Crippen LogP contribution in [0.15, 0.2) is 48.5 Å². The van der Waals surface area contributed by atoms with Crippen LogP contribution in [0.5, 0.6) is 0 Å². The molecule has 0 fully saturated rings. The lowest BCUT2D eigenvalue weighted by atomic mass is 10.1. The van der Waals surface area contributed by atoms with Crippen LogP contribution in [0.3, 0.4) is 0 Å². The summed E-state index contributed by atoms with van der Waals surface area (Å²) in [5.74, 6) is 0.0986. The van der Waals surface area contributed by atoms with Gasteiger partial charge in [-0.2, -0.15) is 0 Å². The van der Waals surface area contributed by atoms with E-state index in [-0.39, 0.29) is 5.78 Å². The average Bonchev–Trinajstić information content (AvgIpc) is 2.46. The van der Waals surface area contributed by atoms with E-state index in [4.69, 9.17) is 0 Å². The maximum Gasteiger partial charge on any atom is 0.159 e. The van der Waals surface area contributed by atoms with Crippen molar-refractivity contribution in [1.82, 2.24) is 0 Å². The first kappa shape index (κ1) is 13.3. The third-order valence-electron chi connectivity index (χ3n) is 3.39. The first-order chi connectivity index (χ1) is 9.11. The van der Waals surface area contributed by atoms with Crippen LogP contribution in [-0.4, -0.2) is 12.8 Å². The predicted octanol–water partition coefficient (Wildman–Crippen LogP) is 4.22. The Morgan fingerprint density at radius 1 is 0.947 bits per heavy atom. The van der Waals surface area contributed by atoms with E-state index in [1.165, 1.54) is 5.56 Å². The molecule has 0 radical (unpaired) electrons. The van der Waals surface area contributed by atoms with Gasteiger partial charge in [0.05, 0.1) is 0 Å². The number of benzene rings is 2. The van der Waals surface area contributed by atoms with Crippen molar-refractivity contribution in [3.8, 4) is 0 Å². The molecule has 0 spiro atoms. The predicted molar refractivity (Wildman–Crippen MR) is 80.3 cm³/mol. The summed E-state index contributed by atoms with van der Waals surface area (Å²) in [4.78, 5) is 13.4. The molecule has 0 unspecified atom stereocenters. The second kappa shape index (κ2) is 5.70. The van der Waals surface area contributed by atoms with Crippen LogP contribution in [-0.2, 0) is 6.42 Å². The minimum Gasteiger partial charge on any atom is -0.345 e. The zero-order valence-corrected chi connectivity index (χ0v) is 11.7. The second-order valence-electron chi connectivity index (χ2n) is 4.68. The number of hydrogen-bond donors (Lipinski definition) is 0. The van der Waals surface area contributed by atoms with E-state index in [1.54, 1.807) is 6.92 Å². The molecule has 0 aliphatic rings. The van der Waals surface area contributed by atoms with Crippen LogP contribution in [0.1, 0.15) is 29.8 Å². The summed E-state index contributed by atoms with van der Waals surface area (Å²) in [7, 11) is 2.03. The third kappa shape index (κ3) is 3.02. The highest BCUT2D eigenvalue weighted by molar-refractivity contribution is 5.94. The Hall–Kier alpha value is -2.09. The zero-order valence-electron chi connectivity index (χ0n) is 11.7. The summed E-state index contributed by atoms with van der Waals surface area (Å²) in [6, 6.07) is 16.2. The van der Waals surface area contributed by atoms with Crippen LogP contribution >= 0.6 is 0 Å². The fourth-order valence-electron chi connectivity index (χ4n) is 2.02. The van der Waals surface area contributed by atoms with Crippen molar-refractivity contribution < 1.29 is 4.79 Å². The fraction of sp³-hybridized carbons (Fsp3) is 0.235. The van der Waals surface area contributed by atoms with Gasteiger partial charge in [0, 0.05) is 24.0 Å². The van der Waals surface area contributed by atoms with Crippen molar-refractivity contribution in [3.63, 3.8) is 0 Å². The number of nitrogens with zero attached hydrogens (tertiary/aromatic N) is 1. The van der Waals surface area contributed by atoms with Crippen molar-refractivity contribution in [2.45, 2.75) is 20.3 Å². The SMILES string of the molecule is CCc1ccc(N(C)c2ccc(C(C)=O)cc2)cc1. The van der Waals surface area contributed by atoms with Crippen molar-refractivity contribution in [1.29, 1.82) is 0 Å². The molecule has 0 aliphatic heterocycles. The summed E-state index contributed by atoms with van der Waals surface area (Å²) in [5.41, 5.74) is 4.31. The molecular formula is C17H19NO. The van der Waals surface area contributed by atoms with Gasteiger partial charge < -0.3 is 4.90 Å². The standard InChI is InChI=1S/C17H19NO/c1-4-14-5-9-16(10-6-14)18(3)17-11-7-15(8-12-17)13(2)19/h5-12H,4H2,1-3H3. The van der Waals surface area contributed by atoms with Gasteiger partial charge >= 0.3 is 0 Å². The minimum absolute atomic E-state index is 0.0986. The molecular weight excluding hydrogens is 234 g/mol. The van der Waals surface area contributed by atoms with Crippen LogP contribution in [0.2, 0.25) is 0 Å². The second-order valence-corrected chi connectivity index (χ2v) is 4.68.